The molecule has 2 aromatic rings. The Labute approximate surface area is 101 Å². The molecule has 0 radical (unpaired) electrons. The highest BCUT2D eigenvalue weighted by atomic mass is 79.9. The molecule has 0 aromatic carbocycles. The van der Waals surface area contributed by atoms with Crippen LogP contribution in [0.15, 0.2) is 29.3 Å². The van der Waals surface area contributed by atoms with Crippen molar-refractivity contribution in [2.75, 3.05) is 5.33 Å². The molecule has 2 aromatic heterocycles. The fraction of sp³-hybridized carbons (Fsp3) is 0.300. The number of aryl methyl sites for hydroxylation is 2. The van der Waals surface area contributed by atoms with E-state index in [-0.39, 0.29) is 5.56 Å². The van der Waals surface area contributed by atoms with Crippen LogP contribution < -0.4 is 5.56 Å². The van der Waals surface area contributed by atoms with Gasteiger partial charge in [0.2, 0.25) is 0 Å². The van der Waals surface area contributed by atoms with E-state index in [0.717, 1.165) is 5.56 Å². The second kappa shape index (κ2) is 4.61. The van der Waals surface area contributed by atoms with Crippen LogP contribution in [0, 0.1) is 6.92 Å². The highest BCUT2D eigenvalue weighted by Gasteiger charge is 2.03. The molecule has 0 saturated carbocycles. The molecule has 2 heterocycles. The van der Waals surface area contributed by atoms with Crippen molar-refractivity contribution in [3.8, 4) is 5.82 Å². The van der Waals surface area contributed by atoms with Gasteiger partial charge in [-0.3, -0.25) is 4.79 Å². The van der Waals surface area contributed by atoms with Crippen molar-refractivity contribution in [2.24, 2.45) is 0 Å². The first-order valence-corrected chi connectivity index (χ1v) is 5.98. The predicted molar refractivity (Wildman–Crippen MR) is 64.2 cm³/mol. The highest BCUT2D eigenvalue weighted by molar-refractivity contribution is 9.09. The van der Waals surface area contributed by atoms with Crippen molar-refractivity contribution in [1.29, 1.82) is 0 Å². The minimum absolute atomic E-state index is 0.105. The van der Waals surface area contributed by atoms with Crippen LogP contribution in [-0.4, -0.2) is 24.9 Å². The van der Waals surface area contributed by atoms with E-state index >= 15 is 0 Å². The lowest BCUT2D eigenvalue weighted by atomic mass is 10.4. The Morgan fingerprint density at radius 1 is 1.44 bits per heavy atom. The van der Waals surface area contributed by atoms with Crippen LogP contribution in [0.5, 0.6) is 0 Å². The lowest BCUT2D eigenvalue weighted by molar-refractivity contribution is 0.605. The third kappa shape index (κ3) is 2.21. The van der Waals surface area contributed by atoms with Crippen LogP contribution in [0.1, 0.15) is 5.56 Å². The number of aromatic nitrogens is 4. The summed E-state index contributed by atoms with van der Waals surface area (Å²) in [5, 5.41) is 9.06. The van der Waals surface area contributed by atoms with Gasteiger partial charge >= 0.3 is 0 Å². The molecule has 0 aliphatic rings. The zero-order chi connectivity index (χ0) is 11.5. The van der Waals surface area contributed by atoms with E-state index in [9.17, 15) is 4.79 Å². The molecule has 5 nitrogen and oxygen atoms in total. The molecule has 16 heavy (non-hydrogen) atoms. The maximum atomic E-state index is 11.4. The van der Waals surface area contributed by atoms with E-state index in [1.165, 1.54) is 10.7 Å². The predicted octanol–water partition coefficient (Wildman–Crippen LogP) is 1.13. The number of rotatable bonds is 3. The summed E-state index contributed by atoms with van der Waals surface area (Å²) < 4.78 is 3.07. The minimum atomic E-state index is -0.105. The summed E-state index contributed by atoms with van der Waals surface area (Å²) in [5.74, 6) is 0.647. The Morgan fingerprint density at radius 3 is 2.88 bits per heavy atom. The molecule has 84 valence electrons. The first kappa shape index (κ1) is 11.1. The number of hydrogen-bond acceptors (Lipinski definition) is 3. The van der Waals surface area contributed by atoms with Crippen LogP contribution in [0.4, 0.5) is 0 Å². The summed E-state index contributed by atoms with van der Waals surface area (Å²) in [4.78, 5) is 11.4. The third-order valence-electron chi connectivity index (χ3n) is 2.10. The summed E-state index contributed by atoms with van der Waals surface area (Å²) in [7, 11) is 0. The number of alkyl halides is 1. The fourth-order valence-corrected chi connectivity index (χ4v) is 1.67. The standard InChI is InChI=1S/C10H11BrN4O/c1-8-6-12-15(7-8)9-2-3-10(16)14(13-9)5-4-11/h2-3,6-7H,4-5H2,1H3. The molecule has 0 bridgehead atoms. The van der Waals surface area contributed by atoms with E-state index in [1.54, 1.807) is 16.9 Å². The summed E-state index contributed by atoms with van der Waals surface area (Å²) in [6, 6.07) is 3.17. The topological polar surface area (TPSA) is 52.7 Å². The van der Waals surface area contributed by atoms with Crippen LogP contribution in [0.3, 0.4) is 0 Å². The molecule has 0 aliphatic carbocycles. The van der Waals surface area contributed by atoms with Gasteiger partial charge in [-0.1, -0.05) is 15.9 Å². The molecular formula is C10H11BrN4O. The van der Waals surface area contributed by atoms with Gasteiger partial charge in [-0.25, -0.2) is 9.36 Å². The van der Waals surface area contributed by atoms with Gasteiger partial charge in [0.25, 0.3) is 5.56 Å². The maximum Gasteiger partial charge on any atom is 0.266 e. The van der Waals surface area contributed by atoms with Gasteiger partial charge in [-0.15, -0.1) is 5.10 Å². The van der Waals surface area contributed by atoms with Crippen LogP contribution >= 0.6 is 15.9 Å². The summed E-state index contributed by atoms with van der Waals surface area (Å²) in [6.07, 6.45) is 3.62. The summed E-state index contributed by atoms with van der Waals surface area (Å²) >= 11 is 3.28. The van der Waals surface area contributed by atoms with E-state index in [1.807, 2.05) is 13.1 Å². The molecule has 0 fully saturated rings. The second-order valence-corrected chi connectivity index (χ2v) is 4.20. The molecule has 0 spiro atoms. The molecule has 0 unspecified atom stereocenters. The van der Waals surface area contributed by atoms with Crippen molar-refractivity contribution < 1.29 is 0 Å². The highest BCUT2D eigenvalue weighted by Crippen LogP contribution is 2.02. The fourth-order valence-electron chi connectivity index (χ4n) is 1.34. The van der Waals surface area contributed by atoms with E-state index in [0.29, 0.717) is 17.7 Å². The third-order valence-corrected chi connectivity index (χ3v) is 2.45. The van der Waals surface area contributed by atoms with Crippen molar-refractivity contribution in [2.45, 2.75) is 13.5 Å². The van der Waals surface area contributed by atoms with Crippen LogP contribution in [0.25, 0.3) is 5.82 Å². The second-order valence-electron chi connectivity index (χ2n) is 3.40. The molecule has 0 saturated heterocycles. The monoisotopic (exact) mass is 282 g/mol. The van der Waals surface area contributed by atoms with Gasteiger partial charge < -0.3 is 0 Å². The van der Waals surface area contributed by atoms with Gasteiger partial charge in [0.15, 0.2) is 5.82 Å². The minimum Gasteiger partial charge on any atom is -0.268 e. The maximum absolute atomic E-state index is 11.4. The molecular weight excluding hydrogens is 272 g/mol. The number of nitrogens with zero attached hydrogens (tertiary/aromatic N) is 4. The molecule has 6 heteroatoms. The number of halogens is 1. The normalized spacial score (nSPS) is 10.6. The number of hydrogen-bond donors (Lipinski definition) is 0. The largest absolute Gasteiger partial charge is 0.268 e. The van der Waals surface area contributed by atoms with E-state index in [4.69, 9.17) is 0 Å². The summed E-state index contributed by atoms with van der Waals surface area (Å²) in [6.45, 7) is 2.50. The summed E-state index contributed by atoms with van der Waals surface area (Å²) in [5.41, 5.74) is 0.951. The average molecular weight is 283 g/mol. The van der Waals surface area contributed by atoms with Crippen LogP contribution in [0.2, 0.25) is 0 Å². The first-order chi connectivity index (χ1) is 7.70. The first-order valence-electron chi connectivity index (χ1n) is 4.86. The molecule has 0 N–H and O–H groups in total. The molecule has 2 rings (SSSR count). The van der Waals surface area contributed by atoms with E-state index in [2.05, 4.69) is 26.1 Å². The lowest BCUT2D eigenvalue weighted by Gasteiger charge is -2.04. The Morgan fingerprint density at radius 2 is 2.25 bits per heavy atom. The lowest BCUT2D eigenvalue weighted by Crippen LogP contribution is -2.24. The van der Waals surface area contributed by atoms with Gasteiger partial charge in [0.1, 0.15) is 0 Å². The smallest absolute Gasteiger partial charge is 0.266 e. The van der Waals surface area contributed by atoms with Crippen molar-refractivity contribution in [3.63, 3.8) is 0 Å². The Hall–Kier alpha value is -1.43. The Balaban J connectivity index is 2.43. The van der Waals surface area contributed by atoms with Gasteiger partial charge in [0, 0.05) is 17.6 Å². The zero-order valence-electron chi connectivity index (χ0n) is 8.80. The Bertz CT molecular complexity index is 546. The molecule has 0 amide bonds. The van der Waals surface area contributed by atoms with Gasteiger partial charge in [-0.2, -0.15) is 5.10 Å². The van der Waals surface area contributed by atoms with Crippen molar-refractivity contribution in [3.05, 3.63) is 40.4 Å². The molecule has 0 atom stereocenters. The van der Waals surface area contributed by atoms with Gasteiger partial charge in [-0.05, 0) is 18.6 Å². The molecule has 0 aliphatic heterocycles. The quantitative estimate of drug-likeness (QED) is 0.793. The van der Waals surface area contributed by atoms with Crippen LogP contribution in [-0.2, 0) is 6.54 Å². The van der Waals surface area contributed by atoms with Crippen molar-refractivity contribution >= 4 is 15.9 Å². The Kier molecular flexibility index (Phi) is 3.19. The average Bonchev–Trinajstić information content (AvgIpc) is 2.69. The van der Waals surface area contributed by atoms with Gasteiger partial charge in [0.05, 0.1) is 12.7 Å². The van der Waals surface area contributed by atoms with E-state index < -0.39 is 0 Å². The van der Waals surface area contributed by atoms with Crippen molar-refractivity contribution in [1.82, 2.24) is 19.6 Å². The SMILES string of the molecule is Cc1cnn(-c2ccc(=O)n(CCBr)n2)c1. The zero-order valence-corrected chi connectivity index (χ0v) is 10.4.